The Morgan fingerprint density at radius 1 is 1.21 bits per heavy atom. The van der Waals surface area contributed by atoms with Gasteiger partial charge in [0.25, 0.3) is 0 Å². The highest BCUT2D eigenvalue weighted by Crippen LogP contribution is 2.55. The molecule has 0 unspecified atom stereocenters. The molecule has 0 atom stereocenters. The van der Waals surface area contributed by atoms with Gasteiger partial charge in [0.15, 0.2) is 5.82 Å². The lowest BCUT2D eigenvalue weighted by Gasteiger charge is -2.30. The third-order valence-corrected chi connectivity index (χ3v) is 4.60. The molecule has 0 fully saturated rings. The van der Waals surface area contributed by atoms with Gasteiger partial charge in [-0.1, -0.05) is 0 Å². The van der Waals surface area contributed by atoms with Crippen molar-refractivity contribution < 1.29 is 23.1 Å². The first-order chi connectivity index (χ1) is 10.7. The maximum Gasteiger partial charge on any atom is 0.475 e. The lowest BCUT2D eigenvalue weighted by molar-refractivity contribution is -0.392. The second-order valence-electron chi connectivity index (χ2n) is 7.26. The van der Waals surface area contributed by atoms with Crippen molar-refractivity contribution in [3.63, 3.8) is 0 Å². The first kappa shape index (κ1) is 20.8. The molecule has 138 valence electrons. The van der Waals surface area contributed by atoms with Gasteiger partial charge >= 0.3 is 13.6 Å². The largest absolute Gasteiger partial charge is 0.475 e. The molecule has 1 aromatic rings. The molecule has 1 heterocycles. The van der Waals surface area contributed by atoms with E-state index in [-0.39, 0.29) is 19.0 Å². The Bertz CT molecular complexity index is 609. The third-order valence-electron chi connectivity index (χ3n) is 2.56. The molecule has 1 aromatic heterocycles. The van der Waals surface area contributed by atoms with Crippen molar-refractivity contribution in [1.29, 1.82) is 0 Å². The van der Waals surface area contributed by atoms with E-state index in [9.17, 15) is 14.7 Å². The summed E-state index contributed by atoms with van der Waals surface area (Å²) in [6, 6.07) is 0. The molecule has 0 bridgehead atoms. The summed E-state index contributed by atoms with van der Waals surface area (Å²) in [5.74, 6) is 0.313. The van der Waals surface area contributed by atoms with E-state index >= 15 is 0 Å². The molecule has 0 saturated heterocycles. The number of hydrogen-bond donors (Lipinski definition) is 0. The SMILES string of the molecule is Cc1ncc([N+](=O)[O-])n1CCOP(=O)(OC(C)(C)C)OC(C)(C)C. The minimum absolute atomic E-state index is 0.0819. The zero-order valence-electron chi connectivity index (χ0n) is 15.2. The van der Waals surface area contributed by atoms with Gasteiger partial charge in [-0.25, -0.2) is 14.1 Å². The van der Waals surface area contributed by atoms with Crippen LogP contribution in [0.4, 0.5) is 5.82 Å². The third kappa shape index (κ3) is 6.68. The van der Waals surface area contributed by atoms with E-state index in [1.165, 1.54) is 10.8 Å². The monoisotopic (exact) mass is 363 g/mol. The van der Waals surface area contributed by atoms with E-state index in [0.29, 0.717) is 5.82 Å². The maximum absolute atomic E-state index is 12.9. The van der Waals surface area contributed by atoms with Gasteiger partial charge in [0.05, 0.1) is 17.8 Å². The number of aryl methyl sites for hydroxylation is 1. The van der Waals surface area contributed by atoms with Crippen molar-refractivity contribution in [1.82, 2.24) is 9.55 Å². The Labute approximate surface area is 142 Å². The number of phosphoric acid groups is 1. The van der Waals surface area contributed by atoms with Gasteiger partial charge in [-0.15, -0.1) is 0 Å². The Morgan fingerprint density at radius 2 is 1.71 bits per heavy atom. The minimum Gasteiger partial charge on any atom is -0.358 e. The summed E-state index contributed by atoms with van der Waals surface area (Å²) >= 11 is 0. The summed E-state index contributed by atoms with van der Waals surface area (Å²) in [7, 11) is -3.84. The molecule has 0 aromatic carbocycles. The molecular weight excluding hydrogens is 337 g/mol. The molecular formula is C14H26N3O6P. The van der Waals surface area contributed by atoms with Crippen LogP contribution in [0.2, 0.25) is 0 Å². The quantitative estimate of drug-likeness (QED) is 0.411. The number of nitrogens with zero attached hydrogens (tertiary/aromatic N) is 3. The standard InChI is InChI=1S/C14H26N3O6P/c1-11-15-10-12(17(18)19)16(11)8-9-21-24(20,22-13(2,3)4)23-14(5,6)7/h10H,8-9H2,1-7H3. The molecule has 0 spiro atoms. The van der Waals surface area contributed by atoms with Crippen molar-refractivity contribution >= 4 is 13.6 Å². The summed E-state index contributed by atoms with van der Waals surface area (Å²) in [4.78, 5) is 14.3. The lowest BCUT2D eigenvalue weighted by Crippen LogP contribution is -2.25. The molecule has 0 N–H and O–H groups in total. The highest BCUT2D eigenvalue weighted by Gasteiger charge is 2.37. The van der Waals surface area contributed by atoms with Crippen LogP contribution in [0.25, 0.3) is 0 Å². The predicted molar refractivity (Wildman–Crippen MR) is 88.9 cm³/mol. The van der Waals surface area contributed by atoms with Crippen molar-refractivity contribution in [2.45, 2.75) is 66.2 Å². The normalized spacial score (nSPS) is 13.3. The molecule has 24 heavy (non-hydrogen) atoms. The summed E-state index contributed by atoms with van der Waals surface area (Å²) in [6.45, 7) is 12.1. The van der Waals surface area contributed by atoms with Crippen LogP contribution in [0.1, 0.15) is 47.4 Å². The fourth-order valence-corrected chi connectivity index (χ4v) is 3.65. The van der Waals surface area contributed by atoms with Crippen LogP contribution < -0.4 is 0 Å². The van der Waals surface area contributed by atoms with Crippen LogP contribution in [0.15, 0.2) is 6.20 Å². The van der Waals surface area contributed by atoms with Gasteiger partial charge in [0.2, 0.25) is 0 Å². The van der Waals surface area contributed by atoms with Crippen LogP contribution >= 0.6 is 7.82 Å². The maximum atomic E-state index is 12.9. The fraction of sp³-hybridized carbons (Fsp3) is 0.786. The lowest BCUT2D eigenvalue weighted by atomic mass is 10.2. The molecule has 0 amide bonds. The number of phosphoric ester groups is 1. The Kier molecular flexibility index (Phi) is 6.32. The number of rotatable bonds is 7. The Morgan fingerprint density at radius 3 is 2.12 bits per heavy atom. The van der Waals surface area contributed by atoms with Crippen molar-refractivity contribution in [2.75, 3.05) is 6.61 Å². The molecule has 9 nitrogen and oxygen atoms in total. The van der Waals surface area contributed by atoms with E-state index in [2.05, 4.69) is 4.98 Å². The van der Waals surface area contributed by atoms with Crippen molar-refractivity contribution in [3.8, 4) is 0 Å². The topological polar surface area (TPSA) is 106 Å². The molecule has 0 aliphatic rings. The van der Waals surface area contributed by atoms with E-state index in [4.69, 9.17) is 13.6 Å². The molecule has 1 rings (SSSR count). The second-order valence-corrected chi connectivity index (χ2v) is 8.78. The number of hydrogen-bond acceptors (Lipinski definition) is 7. The second kappa shape index (κ2) is 7.31. The Balaban J connectivity index is 2.85. The van der Waals surface area contributed by atoms with Gasteiger partial charge < -0.3 is 10.1 Å². The van der Waals surface area contributed by atoms with Crippen LogP contribution in [0, 0.1) is 17.0 Å². The van der Waals surface area contributed by atoms with Crippen LogP contribution in [0.3, 0.4) is 0 Å². The smallest absolute Gasteiger partial charge is 0.358 e. The fourth-order valence-electron chi connectivity index (χ4n) is 1.86. The van der Waals surface area contributed by atoms with E-state index < -0.39 is 23.9 Å². The Hall–Kier alpha value is -1.28. The summed E-state index contributed by atoms with van der Waals surface area (Å²) in [6.07, 6.45) is 1.17. The van der Waals surface area contributed by atoms with Gasteiger partial charge in [0, 0.05) is 6.92 Å². The van der Waals surface area contributed by atoms with E-state index in [1.807, 2.05) is 0 Å². The predicted octanol–water partition coefficient (Wildman–Crippen LogP) is 3.85. The minimum atomic E-state index is -3.84. The first-order valence-corrected chi connectivity index (χ1v) is 9.01. The molecule has 10 heteroatoms. The van der Waals surface area contributed by atoms with Crippen LogP contribution in [0.5, 0.6) is 0 Å². The number of aromatic nitrogens is 2. The summed E-state index contributed by atoms with van der Waals surface area (Å²) < 4.78 is 30.6. The van der Waals surface area contributed by atoms with Crippen LogP contribution in [-0.4, -0.2) is 32.3 Å². The summed E-state index contributed by atoms with van der Waals surface area (Å²) in [5, 5.41) is 11.0. The van der Waals surface area contributed by atoms with Crippen molar-refractivity contribution in [2.24, 2.45) is 0 Å². The molecule has 0 saturated carbocycles. The highest BCUT2D eigenvalue weighted by molar-refractivity contribution is 7.48. The number of nitro groups is 1. The van der Waals surface area contributed by atoms with Gasteiger partial charge in [-0.2, -0.15) is 0 Å². The van der Waals surface area contributed by atoms with Gasteiger partial charge in [-0.05, 0) is 46.5 Å². The highest BCUT2D eigenvalue weighted by atomic mass is 31.2. The zero-order chi connectivity index (χ0) is 18.8. The molecule has 0 aliphatic carbocycles. The van der Waals surface area contributed by atoms with Gasteiger partial charge in [-0.3, -0.25) is 13.6 Å². The first-order valence-electron chi connectivity index (χ1n) is 7.55. The summed E-state index contributed by atoms with van der Waals surface area (Å²) in [5.41, 5.74) is -1.48. The van der Waals surface area contributed by atoms with Gasteiger partial charge in [0.1, 0.15) is 12.7 Å². The molecule has 0 aliphatic heterocycles. The average molecular weight is 363 g/mol. The van der Waals surface area contributed by atoms with Crippen molar-refractivity contribution in [3.05, 3.63) is 22.1 Å². The average Bonchev–Trinajstić information content (AvgIpc) is 2.65. The molecule has 0 radical (unpaired) electrons. The van der Waals surface area contributed by atoms with E-state index in [0.717, 1.165) is 0 Å². The van der Waals surface area contributed by atoms with Crippen LogP contribution in [-0.2, 0) is 24.7 Å². The van der Waals surface area contributed by atoms with E-state index in [1.54, 1.807) is 48.5 Å². The number of imidazole rings is 1. The zero-order valence-corrected chi connectivity index (χ0v) is 16.1.